The van der Waals surface area contributed by atoms with E-state index in [1.54, 1.807) is 12.3 Å². The Morgan fingerprint density at radius 1 is 1.08 bits per heavy atom. The summed E-state index contributed by atoms with van der Waals surface area (Å²) in [6.45, 7) is 2.33. The third kappa shape index (κ3) is 4.05. The van der Waals surface area contributed by atoms with Crippen molar-refractivity contribution < 1.29 is 4.92 Å². The predicted molar refractivity (Wildman–Crippen MR) is 94.7 cm³/mol. The fraction of sp³-hybridized carbons (Fsp3) is 0.118. The smallest absolute Gasteiger partial charge is 0.353 e. The zero-order chi connectivity index (χ0) is 17.6. The van der Waals surface area contributed by atoms with Crippen LogP contribution in [0, 0.1) is 17.0 Å². The number of nitrogens with one attached hydrogen (secondary N) is 2. The molecule has 25 heavy (non-hydrogen) atoms. The predicted octanol–water partition coefficient (Wildman–Crippen LogP) is 3.44. The van der Waals surface area contributed by atoms with Crippen molar-refractivity contribution in [1.29, 1.82) is 0 Å². The summed E-state index contributed by atoms with van der Waals surface area (Å²) < 4.78 is 0. The van der Waals surface area contributed by atoms with Gasteiger partial charge in [-0.15, -0.1) is 0 Å². The van der Waals surface area contributed by atoms with Crippen LogP contribution in [0.25, 0.3) is 0 Å². The first-order valence-corrected chi connectivity index (χ1v) is 7.60. The molecule has 0 unspecified atom stereocenters. The van der Waals surface area contributed by atoms with Crippen LogP contribution in [0.3, 0.4) is 0 Å². The van der Waals surface area contributed by atoms with E-state index in [9.17, 15) is 10.1 Å². The van der Waals surface area contributed by atoms with Gasteiger partial charge in [0.1, 0.15) is 12.1 Å². The van der Waals surface area contributed by atoms with Gasteiger partial charge in [-0.25, -0.2) is 15.0 Å². The van der Waals surface area contributed by atoms with Crippen molar-refractivity contribution in [1.82, 2.24) is 15.0 Å². The lowest BCUT2D eigenvalue weighted by Crippen LogP contribution is -2.08. The number of hydrogen-bond donors (Lipinski definition) is 2. The summed E-state index contributed by atoms with van der Waals surface area (Å²) in [5, 5.41) is 17.4. The molecule has 0 atom stereocenters. The molecular formula is C17H16N6O2. The Kier molecular flexibility index (Phi) is 4.79. The van der Waals surface area contributed by atoms with E-state index < -0.39 is 4.92 Å². The van der Waals surface area contributed by atoms with Crippen LogP contribution in [0.5, 0.6) is 0 Å². The Balaban J connectivity index is 1.87. The fourth-order valence-corrected chi connectivity index (χ4v) is 2.28. The van der Waals surface area contributed by atoms with E-state index in [4.69, 9.17) is 0 Å². The van der Waals surface area contributed by atoms with E-state index in [2.05, 4.69) is 25.6 Å². The van der Waals surface area contributed by atoms with Crippen molar-refractivity contribution in [3.8, 4) is 0 Å². The van der Waals surface area contributed by atoms with Gasteiger partial charge >= 0.3 is 5.69 Å². The molecule has 1 aromatic carbocycles. The SMILES string of the molecule is Cc1ccnc(Nc2ncnc(NCc3ccccc3)c2[N+](=O)[O-])c1. The number of anilines is 3. The third-order valence-corrected chi connectivity index (χ3v) is 3.47. The van der Waals surface area contributed by atoms with Crippen LogP contribution in [0.1, 0.15) is 11.1 Å². The second-order valence-electron chi connectivity index (χ2n) is 5.36. The summed E-state index contributed by atoms with van der Waals surface area (Å²) >= 11 is 0. The molecule has 8 nitrogen and oxygen atoms in total. The van der Waals surface area contributed by atoms with Gasteiger partial charge in [-0.3, -0.25) is 10.1 Å². The Bertz CT molecular complexity index is 885. The average Bonchev–Trinajstić information content (AvgIpc) is 2.61. The highest BCUT2D eigenvalue weighted by atomic mass is 16.6. The molecule has 0 saturated heterocycles. The van der Waals surface area contributed by atoms with E-state index in [1.807, 2.05) is 43.3 Å². The highest BCUT2D eigenvalue weighted by Gasteiger charge is 2.23. The maximum Gasteiger partial charge on any atom is 0.353 e. The quantitative estimate of drug-likeness (QED) is 0.524. The minimum absolute atomic E-state index is 0.0914. The minimum Gasteiger partial charge on any atom is -0.360 e. The Morgan fingerprint density at radius 2 is 1.84 bits per heavy atom. The van der Waals surface area contributed by atoms with Crippen molar-refractivity contribution in [2.45, 2.75) is 13.5 Å². The lowest BCUT2D eigenvalue weighted by Gasteiger charge is -2.10. The Hall–Kier alpha value is -3.55. The lowest BCUT2D eigenvalue weighted by atomic mass is 10.2. The van der Waals surface area contributed by atoms with E-state index in [1.165, 1.54) is 6.33 Å². The molecule has 0 saturated carbocycles. The van der Waals surface area contributed by atoms with Gasteiger partial charge < -0.3 is 10.6 Å². The van der Waals surface area contributed by atoms with E-state index in [-0.39, 0.29) is 17.3 Å². The molecule has 126 valence electrons. The number of nitrogens with zero attached hydrogens (tertiary/aromatic N) is 4. The third-order valence-electron chi connectivity index (χ3n) is 3.47. The van der Waals surface area contributed by atoms with Crippen molar-refractivity contribution in [2.75, 3.05) is 10.6 Å². The highest BCUT2D eigenvalue weighted by Crippen LogP contribution is 2.31. The largest absolute Gasteiger partial charge is 0.360 e. The number of hydrogen-bond acceptors (Lipinski definition) is 7. The first-order valence-electron chi connectivity index (χ1n) is 7.60. The van der Waals surface area contributed by atoms with Crippen molar-refractivity contribution in [2.24, 2.45) is 0 Å². The number of nitro groups is 1. The summed E-state index contributed by atoms with van der Waals surface area (Å²) in [6, 6.07) is 13.2. The summed E-state index contributed by atoms with van der Waals surface area (Å²) in [5.74, 6) is 0.725. The zero-order valence-corrected chi connectivity index (χ0v) is 13.5. The van der Waals surface area contributed by atoms with Crippen LogP contribution in [-0.2, 0) is 6.54 Å². The summed E-state index contributed by atoms with van der Waals surface area (Å²) in [5.41, 5.74) is 1.75. The van der Waals surface area contributed by atoms with Crippen LogP contribution in [-0.4, -0.2) is 19.9 Å². The van der Waals surface area contributed by atoms with Gasteiger partial charge in [0.05, 0.1) is 4.92 Å². The van der Waals surface area contributed by atoms with Gasteiger partial charge in [-0.2, -0.15) is 0 Å². The molecule has 0 spiro atoms. The summed E-state index contributed by atoms with van der Waals surface area (Å²) in [7, 11) is 0. The molecule has 3 rings (SSSR count). The van der Waals surface area contributed by atoms with Gasteiger partial charge in [0.25, 0.3) is 0 Å². The molecule has 2 N–H and O–H groups in total. The molecule has 0 amide bonds. The van der Waals surface area contributed by atoms with Crippen LogP contribution < -0.4 is 10.6 Å². The van der Waals surface area contributed by atoms with Crippen molar-refractivity contribution >= 4 is 23.1 Å². The molecular weight excluding hydrogens is 320 g/mol. The molecule has 0 aliphatic carbocycles. The normalized spacial score (nSPS) is 10.3. The Morgan fingerprint density at radius 3 is 2.56 bits per heavy atom. The zero-order valence-electron chi connectivity index (χ0n) is 13.5. The molecule has 8 heteroatoms. The standard InChI is InChI=1S/C17H16N6O2/c1-12-7-8-18-14(9-12)22-17-15(23(24)25)16(20-11-21-17)19-10-13-5-3-2-4-6-13/h2-9,11H,10H2,1H3,(H2,18,19,20,21,22). The molecule has 0 aliphatic rings. The maximum absolute atomic E-state index is 11.5. The van der Waals surface area contributed by atoms with Gasteiger partial charge in [0, 0.05) is 12.7 Å². The van der Waals surface area contributed by atoms with Crippen molar-refractivity contribution in [3.63, 3.8) is 0 Å². The first kappa shape index (κ1) is 16.3. The van der Waals surface area contributed by atoms with Gasteiger partial charge in [-0.05, 0) is 30.2 Å². The van der Waals surface area contributed by atoms with Crippen LogP contribution >= 0.6 is 0 Å². The molecule has 3 aromatic rings. The Labute approximate surface area is 144 Å². The monoisotopic (exact) mass is 336 g/mol. The van der Waals surface area contributed by atoms with Gasteiger partial charge in [0.2, 0.25) is 11.6 Å². The summed E-state index contributed by atoms with van der Waals surface area (Å²) in [6.07, 6.45) is 2.90. The minimum atomic E-state index is -0.508. The molecule has 0 bridgehead atoms. The molecule has 0 radical (unpaired) electrons. The second kappa shape index (κ2) is 7.35. The van der Waals surface area contributed by atoms with E-state index in [0.717, 1.165) is 11.1 Å². The first-order chi connectivity index (χ1) is 12.1. The molecule has 0 fully saturated rings. The summed E-state index contributed by atoms with van der Waals surface area (Å²) in [4.78, 5) is 23.2. The average molecular weight is 336 g/mol. The highest BCUT2D eigenvalue weighted by molar-refractivity contribution is 5.72. The number of aromatic nitrogens is 3. The van der Waals surface area contributed by atoms with Crippen LogP contribution in [0.2, 0.25) is 0 Å². The number of pyridine rings is 1. The maximum atomic E-state index is 11.5. The molecule has 0 aliphatic heterocycles. The number of aryl methyl sites for hydroxylation is 1. The number of rotatable bonds is 6. The second-order valence-corrected chi connectivity index (χ2v) is 5.36. The van der Waals surface area contributed by atoms with E-state index >= 15 is 0 Å². The van der Waals surface area contributed by atoms with Gasteiger partial charge in [-0.1, -0.05) is 30.3 Å². The van der Waals surface area contributed by atoms with Crippen molar-refractivity contribution in [3.05, 3.63) is 76.2 Å². The van der Waals surface area contributed by atoms with Crippen LogP contribution in [0.4, 0.5) is 23.1 Å². The topological polar surface area (TPSA) is 106 Å². The van der Waals surface area contributed by atoms with Crippen LogP contribution in [0.15, 0.2) is 55.0 Å². The van der Waals surface area contributed by atoms with E-state index in [0.29, 0.717) is 12.4 Å². The number of benzene rings is 1. The lowest BCUT2D eigenvalue weighted by molar-refractivity contribution is -0.383. The van der Waals surface area contributed by atoms with Gasteiger partial charge in [0.15, 0.2) is 0 Å². The fourth-order valence-electron chi connectivity index (χ4n) is 2.28. The molecule has 2 aromatic heterocycles. The molecule has 2 heterocycles.